The van der Waals surface area contributed by atoms with E-state index in [1.54, 1.807) is 19.0 Å². The average molecular weight is 234 g/mol. The summed E-state index contributed by atoms with van der Waals surface area (Å²) < 4.78 is 0. The van der Waals surface area contributed by atoms with Crippen molar-refractivity contribution in [2.75, 3.05) is 19.0 Å². The Kier molecular flexibility index (Phi) is 3.24. The number of rotatable bonds is 2. The van der Waals surface area contributed by atoms with E-state index < -0.39 is 5.97 Å². The zero-order chi connectivity index (χ0) is 10.9. The third-order valence-corrected chi connectivity index (χ3v) is 2.43. The summed E-state index contributed by atoms with van der Waals surface area (Å²) in [5.41, 5.74) is 0.577. The Morgan fingerprint density at radius 2 is 1.93 bits per heavy atom. The minimum absolute atomic E-state index is 0.0553. The first kappa shape index (κ1) is 11.1. The van der Waals surface area contributed by atoms with E-state index in [2.05, 4.69) is 0 Å². The molecule has 5 heteroatoms. The molecule has 0 saturated carbocycles. The number of hydrogen-bond donors (Lipinski definition) is 1. The second kappa shape index (κ2) is 4.07. The first-order valence-corrected chi connectivity index (χ1v) is 4.59. The molecule has 0 aliphatic carbocycles. The fourth-order valence-electron chi connectivity index (χ4n) is 1.12. The molecule has 1 N–H and O–H groups in total. The van der Waals surface area contributed by atoms with Crippen molar-refractivity contribution >= 4 is 34.9 Å². The van der Waals surface area contributed by atoms with Gasteiger partial charge in [-0.05, 0) is 12.1 Å². The molecule has 0 aliphatic rings. The smallest absolute Gasteiger partial charge is 0.337 e. The fraction of sp³-hybridized carbons (Fsp3) is 0.222. The molecule has 1 aromatic rings. The number of carbonyl (C=O) groups is 1. The van der Waals surface area contributed by atoms with E-state index in [1.165, 1.54) is 12.1 Å². The van der Waals surface area contributed by atoms with Crippen molar-refractivity contribution in [2.24, 2.45) is 0 Å². The van der Waals surface area contributed by atoms with E-state index in [4.69, 9.17) is 28.3 Å². The molecule has 14 heavy (non-hydrogen) atoms. The molecule has 0 atom stereocenters. The Bertz CT molecular complexity index is 377. The summed E-state index contributed by atoms with van der Waals surface area (Å²) in [6.45, 7) is 0. The van der Waals surface area contributed by atoms with Crippen LogP contribution in [-0.4, -0.2) is 25.2 Å². The standard InChI is InChI=1S/C9H9Cl2NO2/c1-12(2)8-6(10)4-3-5(7(8)11)9(13)14/h3-4H,1-2H3,(H,13,14). The van der Waals surface area contributed by atoms with Gasteiger partial charge in [0, 0.05) is 14.1 Å². The summed E-state index contributed by atoms with van der Waals surface area (Å²) in [5, 5.41) is 9.41. The summed E-state index contributed by atoms with van der Waals surface area (Å²) in [5.74, 6) is -1.06. The summed E-state index contributed by atoms with van der Waals surface area (Å²) in [6.07, 6.45) is 0. The number of anilines is 1. The molecule has 0 bridgehead atoms. The van der Waals surface area contributed by atoms with Gasteiger partial charge in [-0.15, -0.1) is 0 Å². The average Bonchev–Trinajstić information content (AvgIpc) is 2.02. The highest BCUT2D eigenvalue weighted by Crippen LogP contribution is 2.34. The van der Waals surface area contributed by atoms with Crippen molar-refractivity contribution in [2.45, 2.75) is 0 Å². The molecule has 76 valence electrons. The summed E-state index contributed by atoms with van der Waals surface area (Å²) in [4.78, 5) is 12.4. The van der Waals surface area contributed by atoms with Crippen LogP contribution in [0.4, 0.5) is 5.69 Å². The Balaban J connectivity index is 3.41. The largest absolute Gasteiger partial charge is 0.478 e. The van der Waals surface area contributed by atoms with Gasteiger partial charge >= 0.3 is 5.97 Å². The quantitative estimate of drug-likeness (QED) is 0.855. The molecule has 1 rings (SSSR count). The van der Waals surface area contributed by atoms with E-state index in [0.29, 0.717) is 10.7 Å². The second-order valence-corrected chi connectivity index (χ2v) is 3.74. The minimum atomic E-state index is -1.06. The minimum Gasteiger partial charge on any atom is -0.478 e. The molecule has 0 radical (unpaired) electrons. The lowest BCUT2D eigenvalue weighted by Crippen LogP contribution is -2.11. The van der Waals surface area contributed by atoms with E-state index in [9.17, 15) is 4.79 Å². The van der Waals surface area contributed by atoms with Crippen LogP contribution >= 0.6 is 23.2 Å². The number of carboxylic acids is 1. The number of carboxylic acid groups (broad SMARTS) is 1. The van der Waals surface area contributed by atoms with Crippen molar-refractivity contribution < 1.29 is 9.90 Å². The predicted octanol–water partition coefficient (Wildman–Crippen LogP) is 2.76. The summed E-state index contributed by atoms with van der Waals surface area (Å²) in [7, 11) is 3.50. The third kappa shape index (κ3) is 1.94. The molecule has 0 aliphatic heterocycles. The van der Waals surface area contributed by atoms with Gasteiger partial charge in [-0.2, -0.15) is 0 Å². The van der Waals surface area contributed by atoms with E-state index in [-0.39, 0.29) is 10.6 Å². The Morgan fingerprint density at radius 3 is 2.36 bits per heavy atom. The Labute approximate surface area is 91.8 Å². The van der Waals surface area contributed by atoms with Gasteiger partial charge < -0.3 is 10.0 Å². The van der Waals surface area contributed by atoms with Gasteiger partial charge in [-0.3, -0.25) is 0 Å². The molecule has 0 unspecified atom stereocenters. The van der Waals surface area contributed by atoms with Gasteiger partial charge in [0.15, 0.2) is 0 Å². The van der Waals surface area contributed by atoms with Gasteiger partial charge in [0.1, 0.15) is 0 Å². The topological polar surface area (TPSA) is 40.5 Å². The molecule has 0 fully saturated rings. The van der Waals surface area contributed by atoms with E-state index in [1.807, 2.05) is 0 Å². The maximum absolute atomic E-state index is 10.8. The lowest BCUT2D eigenvalue weighted by Gasteiger charge is -2.17. The first-order valence-electron chi connectivity index (χ1n) is 3.83. The molecular weight excluding hydrogens is 225 g/mol. The highest BCUT2D eigenvalue weighted by Gasteiger charge is 2.16. The number of nitrogens with zero attached hydrogens (tertiary/aromatic N) is 1. The lowest BCUT2D eigenvalue weighted by atomic mass is 10.2. The van der Waals surface area contributed by atoms with Crippen molar-refractivity contribution in [3.63, 3.8) is 0 Å². The summed E-state index contributed by atoms with van der Waals surface area (Å²) >= 11 is 11.8. The Hall–Kier alpha value is -0.930. The molecule has 0 spiro atoms. The zero-order valence-electron chi connectivity index (χ0n) is 7.71. The SMILES string of the molecule is CN(C)c1c(Cl)ccc(C(=O)O)c1Cl. The number of hydrogen-bond acceptors (Lipinski definition) is 2. The van der Waals surface area contributed by atoms with Crippen molar-refractivity contribution in [3.8, 4) is 0 Å². The van der Waals surface area contributed by atoms with Crippen molar-refractivity contribution in [3.05, 3.63) is 27.7 Å². The van der Waals surface area contributed by atoms with Crippen LogP contribution in [0.25, 0.3) is 0 Å². The van der Waals surface area contributed by atoms with E-state index in [0.717, 1.165) is 0 Å². The van der Waals surface area contributed by atoms with Crippen LogP contribution in [0, 0.1) is 0 Å². The molecular formula is C9H9Cl2NO2. The number of halogens is 2. The lowest BCUT2D eigenvalue weighted by molar-refractivity contribution is 0.0697. The van der Waals surface area contributed by atoms with Gasteiger partial charge in [0.05, 0.1) is 21.3 Å². The highest BCUT2D eigenvalue weighted by atomic mass is 35.5. The highest BCUT2D eigenvalue weighted by molar-refractivity contribution is 6.40. The maximum atomic E-state index is 10.8. The molecule has 0 saturated heterocycles. The molecule has 0 aromatic heterocycles. The first-order chi connectivity index (χ1) is 6.45. The second-order valence-electron chi connectivity index (χ2n) is 2.96. The van der Waals surface area contributed by atoms with Crippen molar-refractivity contribution in [1.29, 1.82) is 0 Å². The molecule has 1 aromatic carbocycles. The van der Waals surface area contributed by atoms with Gasteiger partial charge in [-0.25, -0.2) is 4.79 Å². The van der Waals surface area contributed by atoms with Crippen molar-refractivity contribution in [1.82, 2.24) is 0 Å². The zero-order valence-corrected chi connectivity index (χ0v) is 9.23. The van der Waals surface area contributed by atoms with Crippen LogP contribution in [-0.2, 0) is 0 Å². The van der Waals surface area contributed by atoms with E-state index >= 15 is 0 Å². The fourth-order valence-corrected chi connectivity index (χ4v) is 1.91. The number of aromatic carboxylic acids is 1. The maximum Gasteiger partial charge on any atom is 0.337 e. The van der Waals surface area contributed by atoms with Crippen LogP contribution in [0.15, 0.2) is 12.1 Å². The van der Waals surface area contributed by atoms with Crippen LogP contribution in [0.3, 0.4) is 0 Å². The molecule has 0 heterocycles. The monoisotopic (exact) mass is 233 g/mol. The van der Waals surface area contributed by atoms with Crippen LogP contribution < -0.4 is 4.90 Å². The predicted molar refractivity (Wildman–Crippen MR) is 57.7 cm³/mol. The summed E-state index contributed by atoms with van der Waals surface area (Å²) in [6, 6.07) is 2.91. The van der Waals surface area contributed by atoms with Crippen LogP contribution in [0.1, 0.15) is 10.4 Å². The Morgan fingerprint density at radius 1 is 1.36 bits per heavy atom. The van der Waals surface area contributed by atoms with Gasteiger partial charge in [0.2, 0.25) is 0 Å². The van der Waals surface area contributed by atoms with Crippen LogP contribution in [0.2, 0.25) is 10.0 Å². The normalized spacial score (nSPS) is 10.0. The molecule has 0 amide bonds. The van der Waals surface area contributed by atoms with Gasteiger partial charge in [-0.1, -0.05) is 23.2 Å². The van der Waals surface area contributed by atoms with Crippen LogP contribution in [0.5, 0.6) is 0 Å². The molecule has 3 nitrogen and oxygen atoms in total. The number of benzene rings is 1. The third-order valence-electron chi connectivity index (χ3n) is 1.74. The van der Waals surface area contributed by atoms with Gasteiger partial charge in [0.25, 0.3) is 0 Å².